The number of hydrogen-bond acceptors (Lipinski definition) is 5. The van der Waals surface area contributed by atoms with Crippen molar-refractivity contribution in [2.24, 2.45) is 0 Å². The third-order valence-electron chi connectivity index (χ3n) is 1.49. The van der Waals surface area contributed by atoms with E-state index in [-0.39, 0.29) is 0 Å². The molecule has 0 atom stereocenters. The van der Waals surface area contributed by atoms with Crippen molar-refractivity contribution in [3.05, 3.63) is 24.4 Å². The molecule has 6 heteroatoms. The average molecular weight is 176 g/mol. The van der Waals surface area contributed by atoms with Gasteiger partial charge in [0.25, 0.3) is 5.95 Å². The Balaban J connectivity index is 2.53. The van der Waals surface area contributed by atoms with Crippen LogP contribution in [0.15, 0.2) is 18.7 Å². The lowest BCUT2D eigenvalue weighted by atomic mass is 10.4. The van der Waals surface area contributed by atoms with Gasteiger partial charge in [0.15, 0.2) is 0 Å². The van der Waals surface area contributed by atoms with Crippen LogP contribution in [0.5, 0.6) is 0 Å². The summed E-state index contributed by atoms with van der Waals surface area (Å²) in [4.78, 5) is 11.9. The van der Waals surface area contributed by atoms with Crippen LogP contribution in [0.1, 0.15) is 5.69 Å². The van der Waals surface area contributed by atoms with Gasteiger partial charge in [-0.05, 0) is 6.92 Å². The molecule has 0 fully saturated rings. The normalized spacial score (nSPS) is 10.2. The van der Waals surface area contributed by atoms with E-state index in [0.29, 0.717) is 11.8 Å². The Bertz CT molecular complexity index is 387. The number of nitrogens with two attached hydrogens (primary N) is 1. The molecule has 0 saturated heterocycles. The number of anilines is 1. The zero-order valence-electron chi connectivity index (χ0n) is 7.05. The Kier molecular flexibility index (Phi) is 1.66. The van der Waals surface area contributed by atoms with E-state index in [0.717, 1.165) is 5.69 Å². The first-order valence-electron chi connectivity index (χ1n) is 3.72. The van der Waals surface area contributed by atoms with Gasteiger partial charge in [-0.25, -0.2) is 9.97 Å². The zero-order valence-corrected chi connectivity index (χ0v) is 7.05. The first-order valence-corrected chi connectivity index (χ1v) is 3.72. The van der Waals surface area contributed by atoms with Crippen LogP contribution in [-0.4, -0.2) is 24.7 Å². The highest BCUT2D eigenvalue weighted by atomic mass is 15.4. The molecule has 2 aromatic heterocycles. The van der Waals surface area contributed by atoms with E-state index in [2.05, 4.69) is 20.1 Å². The third-order valence-corrected chi connectivity index (χ3v) is 1.49. The Morgan fingerprint density at radius 1 is 1.38 bits per heavy atom. The van der Waals surface area contributed by atoms with Crippen LogP contribution in [0.3, 0.4) is 0 Å². The Morgan fingerprint density at radius 2 is 2.23 bits per heavy atom. The molecule has 0 unspecified atom stereocenters. The number of aromatic nitrogens is 5. The van der Waals surface area contributed by atoms with Crippen LogP contribution in [0.25, 0.3) is 5.95 Å². The van der Waals surface area contributed by atoms with Gasteiger partial charge in [-0.2, -0.15) is 14.8 Å². The predicted octanol–water partition coefficient (Wildman–Crippen LogP) is -0.0521. The van der Waals surface area contributed by atoms with E-state index in [1.54, 1.807) is 6.07 Å². The smallest absolute Gasteiger partial charge is 0.254 e. The predicted molar refractivity (Wildman–Crippen MR) is 46.1 cm³/mol. The summed E-state index contributed by atoms with van der Waals surface area (Å²) in [6.07, 6.45) is 2.94. The standard InChI is InChI=1S/C7H8N6/c1-5-2-6(8)12-7(11-5)13-4-9-3-10-13/h2-4H,1H3,(H2,8,11,12). The minimum atomic E-state index is 0.429. The molecule has 2 heterocycles. The van der Waals surface area contributed by atoms with E-state index >= 15 is 0 Å². The lowest BCUT2D eigenvalue weighted by molar-refractivity contribution is 0.802. The lowest BCUT2D eigenvalue weighted by Gasteiger charge is -2.00. The molecule has 2 aromatic rings. The van der Waals surface area contributed by atoms with Crippen LogP contribution in [0, 0.1) is 6.92 Å². The maximum absolute atomic E-state index is 5.55. The van der Waals surface area contributed by atoms with Gasteiger partial charge in [0.1, 0.15) is 18.5 Å². The lowest BCUT2D eigenvalue weighted by Crippen LogP contribution is -2.05. The van der Waals surface area contributed by atoms with Crippen LogP contribution in [-0.2, 0) is 0 Å². The van der Waals surface area contributed by atoms with Crippen LogP contribution in [0.4, 0.5) is 5.82 Å². The molecule has 0 aliphatic carbocycles. The molecule has 6 nitrogen and oxygen atoms in total. The Morgan fingerprint density at radius 3 is 2.85 bits per heavy atom. The topological polar surface area (TPSA) is 82.5 Å². The average Bonchev–Trinajstić information content (AvgIpc) is 2.53. The summed E-state index contributed by atoms with van der Waals surface area (Å²) >= 11 is 0. The summed E-state index contributed by atoms with van der Waals surface area (Å²) in [6, 6.07) is 1.69. The fourth-order valence-electron chi connectivity index (χ4n) is 0.991. The molecule has 66 valence electrons. The highest BCUT2D eigenvalue weighted by Gasteiger charge is 2.01. The van der Waals surface area contributed by atoms with E-state index in [9.17, 15) is 0 Å². The molecule has 0 aliphatic rings. The summed E-state index contributed by atoms with van der Waals surface area (Å²) in [5.41, 5.74) is 6.36. The van der Waals surface area contributed by atoms with Gasteiger partial charge < -0.3 is 5.73 Å². The van der Waals surface area contributed by atoms with E-state index in [4.69, 9.17) is 5.73 Å². The van der Waals surface area contributed by atoms with E-state index in [1.807, 2.05) is 6.92 Å². The van der Waals surface area contributed by atoms with Crippen molar-refractivity contribution >= 4 is 5.82 Å². The van der Waals surface area contributed by atoms with E-state index in [1.165, 1.54) is 17.3 Å². The maximum atomic E-state index is 5.55. The highest BCUT2D eigenvalue weighted by Crippen LogP contribution is 2.04. The van der Waals surface area contributed by atoms with Gasteiger partial charge in [-0.3, -0.25) is 0 Å². The Labute approximate surface area is 74.5 Å². The van der Waals surface area contributed by atoms with Crippen LogP contribution < -0.4 is 5.73 Å². The highest BCUT2D eigenvalue weighted by molar-refractivity contribution is 5.32. The second kappa shape index (κ2) is 2.81. The minimum absolute atomic E-state index is 0.429. The van der Waals surface area contributed by atoms with Gasteiger partial charge in [0.05, 0.1) is 0 Å². The van der Waals surface area contributed by atoms with Crippen LogP contribution in [0.2, 0.25) is 0 Å². The monoisotopic (exact) mass is 176 g/mol. The van der Waals surface area contributed by atoms with Gasteiger partial charge in [0, 0.05) is 11.8 Å². The molecule has 0 aliphatic heterocycles. The largest absolute Gasteiger partial charge is 0.384 e. The molecular formula is C7H8N6. The number of nitrogen functional groups attached to an aromatic ring is 1. The second-order valence-electron chi connectivity index (χ2n) is 2.57. The van der Waals surface area contributed by atoms with Gasteiger partial charge in [0.2, 0.25) is 0 Å². The fourth-order valence-corrected chi connectivity index (χ4v) is 0.991. The van der Waals surface area contributed by atoms with Crippen LogP contribution >= 0.6 is 0 Å². The maximum Gasteiger partial charge on any atom is 0.254 e. The molecule has 0 aromatic carbocycles. The molecule has 2 rings (SSSR count). The molecule has 0 radical (unpaired) electrons. The SMILES string of the molecule is Cc1cc(N)nc(-n2cncn2)n1. The Hall–Kier alpha value is -1.98. The zero-order chi connectivity index (χ0) is 9.26. The molecule has 2 N–H and O–H groups in total. The molecule has 0 bridgehead atoms. The fraction of sp³-hybridized carbons (Fsp3) is 0.143. The van der Waals surface area contributed by atoms with Gasteiger partial charge in [-0.15, -0.1) is 0 Å². The van der Waals surface area contributed by atoms with Gasteiger partial charge in [-0.1, -0.05) is 0 Å². The third kappa shape index (κ3) is 1.46. The summed E-state index contributed by atoms with van der Waals surface area (Å²) in [5, 5.41) is 3.89. The minimum Gasteiger partial charge on any atom is -0.384 e. The second-order valence-corrected chi connectivity index (χ2v) is 2.57. The molecule has 0 saturated carbocycles. The summed E-state index contributed by atoms with van der Waals surface area (Å²) in [6.45, 7) is 1.85. The molecule has 0 spiro atoms. The quantitative estimate of drug-likeness (QED) is 0.658. The molecular weight excluding hydrogens is 168 g/mol. The number of hydrogen-bond donors (Lipinski definition) is 1. The molecule has 0 amide bonds. The van der Waals surface area contributed by atoms with Crippen molar-refractivity contribution in [1.29, 1.82) is 0 Å². The number of nitrogens with zero attached hydrogens (tertiary/aromatic N) is 5. The van der Waals surface area contributed by atoms with Crippen molar-refractivity contribution in [3.8, 4) is 5.95 Å². The summed E-state index contributed by atoms with van der Waals surface area (Å²) in [5.74, 6) is 0.869. The van der Waals surface area contributed by atoms with Crippen molar-refractivity contribution in [3.63, 3.8) is 0 Å². The van der Waals surface area contributed by atoms with Crippen molar-refractivity contribution < 1.29 is 0 Å². The van der Waals surface area contributed by atoms with Crippen molar-refractivity contribution in [2.75, 3.05) is 5.73 Å². The summed E-state index contributed by atoms with van der Waals surface area (Å²) < 4.78 is 1.46. The van der Waals surface area contributed by atoms with Crippen molar-refractivity contribution in [2.45, 2.75) is 6.92 Å². The van der Waals surface area contributed by atoms with Crippen molar-refractivity contribution in [1.82, 2.24) is 24.7 Å². The first kappa shape index (κ1) is 7.66. The number of rotatable bonds is 1. The summed E-state index contributed by atoms with van der Waals surface area (Å²) in [7, 11) is 0. The van der Waals surface area contributed by atoms with E-state index < -0.39 is 0 Å². The first-order chi connectivity index (χ1) is 6.25. The molecule has 13 heavy (non-hydrogen) atoms. The van der Waals surface area contributed by atoms with Gasteiger partial charge >= 0.3 is 0 Å². The number of aryl methyl sites for hydroxylation is 1.